The molecule has 0 bridgehead atoms. The van der Waals surface area contributed by atoms with E-state index in [0.29, 0.717) is 35.0 Å². The first kappa shape index (κ1) is 18.5. The van der Waals surface area contributed by atoms with E-state index in [2.05, 4.69) is 10.3 Å². The number of pyridine rings is 1. The summed E-state index contributed by atoms with van der Waals surface area (Å²) in [6, 6.07) is 7.17. The molecule has 0 unspecified atom stereocenters. The van der Waals surface area contributed by atoms with E-state index in [1.54, 1.807) is 38.4 Å². The zero-order chi connectivity index (χ0) is 20.5. The minimum atomic E-state index is -1.44. The number of hydrogen-bond acceptors (Lipinski definition) is 6. The number of benzene rings is 1. The molecule has 0 spiro atoms. The van der Waals surface area contributed by atoms with Gasteiger partial charge in [0, 0.05) is 29.1 Å². The van der Waals surface area contributed by atoms with Crippen LogP contribution in [0.3, 0.4) is 0 Å². The van der Waals surface area contributed by atoms with Crippen LogP contribution in [0.1, 0.15) is 33.0 Å². The van der Waals surface area contributed by atoms with Gasteiger partial charge in [0.15, 0.2) is 5.75 Å². The van der Waals surface area contributed by atoms with Crippen molar-refractivity contribution < 1.29 is 28.6 Å². The van der Waals surface area contributed by atoms with Crippen molar-refractivity contribution in [2.75, 3.05) is 0 Å². The molecule has 148 valence electrons. The Labute approximate surface area is 166 Å². The molecule has 2 N–H and O–H groups in total. The third-order valence-corrected chi connectivity index (χ3v) is 4.76. The van der Waals surface area contributed by atoms with E-state index in [1.165, 1.54) is 0 Å². The van der Waals surface area contributed by atoms with Gasteiger partial charge in [0.05, 0.1) is 12.1 Å². The second-order valence-corrected chi connectivity index (χ2v) is 6.61. The second-order valence-electron chi connectivity index (χ2n) is 6.61. The van der Waals surface area contributed by atoms with Crippen molar-refractivity contribution in [3.8, 4) is 22.6 Å². The zero-order valence-electron chi connectivity index (χ0n) is 15.8. The minimum absolute atomic E-state index is 0.0665. The van der Waals surface area contributed by atoms with E-state index >= 15 is 0 Å². The summed E-state index contributed by atoms with van der Waals surface area (Å²) in [6.07, 6.45) is 2.05. The number of fused-ring (bicyclic) bond motifs is 3. The van der Waals surface area contributed by atoms with Crippen LogP contribution in [0.2, 0.25) is 0 Å². The first-order valence-electron chi connectivity index (χ1n) is 8.92. The molecule has 0 aliphatic carbocycles. The highest BCUT2D eigenvalue weighted by atomic mass is 16.7. The fourth-order valence-electron chi connectivity index (χ4n) is 3.37. The highest BCUT2D eigenvalue weighted by Crippen LogP contribution is 2.37. The molecule has 1 amide bonds. The van der Waals surface area contributed by atoms with Crippen LogP contribution in [-0.2, 0) is 13.2 Å². The molecule has 1 aromatic carbocycles. The third-order valence-electron chi connectivity index (χ3n) is 4.76. The van der Waals surface area contributed by atoms with Crippen LogP contribution < -0.4 is 14.8 Å². The Morgan fingerprint density at radius 2 is 2.03 bits per heavy atom. The molecule has 2 aromatic heterocycles. The Morgan fingerprint density at radius 1 is 1.21 bits per heavy atom. The molecule has 3 aromatic rings. The predicted octanol–water partition coefficient (Wildman–Crippen LogP) is 3.84. The molecule has 0 saturated carbocycles. The van der Waals surface area contributed by atoms with Crippen LogP contribution >= 0.6 is 0 Å². The number of furan rings is 1. The lowest BCUT2D eigenvalue weighted by atomic mass is 9.97. The number of aryl methyl sites for hydroxylation is 2. The summed E-state index contributed by atoms with van der Waals surface area (Å²) in [5, 5.41) is 11.7. The van der Waals surface area contributed by atoms with Crippen LogP contribution in [0, 0.1) is 13.8 Å². The lowest BCUT2D eigenvalue weighted by molar-refractivity contribution is 0.0950. The molecule has 0 radical (unpaired) electrons. The van der Waals surface area contributed by atoms with Crippen molar-refractivity contribution in [1.29, 1.82) is 0 Å². The number of ether oxygens (including phenoxy) is 2. The Morgan fingerprint density at radius 3 is 2.83 bits per heavy atom. The van der Waals surface area contributed by atoms with Crippen molar-refractivity contribution in [2.24, 2.45) is 0 Å². The molecule has 8 nitrogen and oxygen atoms in total. The normalized spacial score (nSPS) is 11.8. The number of amides is 1. The molecular formula is C21H18N2O6. The van der Waals surface area contributed by atoms with Gasteiger partial charge < -0.3 is 24.3 Å². The number of carbonyl (C=O) groups excluding carboxylic acids is 1. The van der Waals surface area contributed by atoms with Crippen LogP contribution in [0.5, 0.6) is 11.5 Å². The topological polar surface area (TPSA) is 111 Å². The average Bonchev–Trinajstić information content (AvgIpc) is 2.97. The minimum Gasteiger partial charge on any atom is -0.488 e. The maximum Gasteiger partial charge on any atom is 0.511 e. The zero-order valence-corrected chi connectivity index (χ0v) is 15.8. The first-order chi connectivity index (χ1) is 13.9. The van der Waals surface area contributed by atoms with Crippen LogP contribution in [0.4, 0.5) is 4.79 Å². The van der Waals surface area contributed by atoms with E-state index in [0.717, 1.165) is 16.7 Å². The van der Waals surface area contributed by atoms with E-state index in [9.17, 15) is 9.59 Å². The molecule has 3 heterocycles. The molecular weight excluding hydrogens is 376 g/mol. The van der Waals surface area contributed by atoms with E-state index < -0.39 is 6.16 Å². The molecule has 0 atom stereocenters. The number of rotatable bonds is 4. The summed E-state index contributed by atoms with van der Waals surface area (Å²) >= 11 is 0. The fourth-order valence-corrected chi connectivity index (χ4v) is 3.37. The fraction of sp³-hybridized carbons (Fsp3) is 0.190. The SMILES string of the molecule is Cc1oc(C)c(OC(=O)O)c1CNC(=O)c1ccc2c(c1)OCc1cnccc1-2. The molecule has 29 heavy (non-hydrogen) atoms. The highest BCUT2D eigenvalue weighted by Gasteiger charge is 2.22. The summed E-state index contributed by atoms with van der Waals surface area (Å²) in [5.41, 5.74) is 3.85. The number of nitrogens with one attached hydrogen (secondary N) is 1. The average molecular weight is 394 g/mol. The van der Waals surface area contributed by atoms with Crippen molar-refractivity contribution >= 4 is 12.1 Å². The number of hydrogen-bond donors (Lipinski definition) is 2. The number of aromatic nitrogens is 1. The van der Waals surface area contributed by atoms with Gasteiger partial charge in [-0.2, -0.15) is 0 Å². The van der Waals surface area contributed by atoms with Crippen LogP contribution in [0.25, 0.3) is 11.1 Å². The largest absolute Gasteiger partial charge is 0.511 e. The van der Waals surface area contributed by atoms with E-state index in [-0.39, 0.29) is 18.2 Å². The summed E-state index contributed by atoms with van der Waals surface area (Å²) in [6.45, 7) is 3.74. The maximum absolute atomic E-state index is 12.6. The number of carboxylic acid groups (broad SMARTS) is 1. The third kappa shape index (κ3) is 3.52. The Kier molecular flexibility index (Phi) is 4.67. The molecule has 4 rings (SSSR count). The summed E-state index contributed by atoms with van der Waals surface area (Å²) in [4.78, 5) is 27.6. The summed E-state index contributed by atoms with van der Waals surface area (Å²) in [5.74, 6) is 1.23. The van der Waals surface area contributed by atoms with E-state index in [1.807, 2.05) is 12.1 Å². The smallest absolute Gasteiger partial charge is 0.488 e. The summed E-state index contributed by atoms with van der Waals surface area (Å²) < 4.78 is 16.0. The molecule has 1 aliphatic heterocycles. The quantitative estimate of drug-likeness (QED) is 0.647. The predicted molar refractivity (Wildman–Crippen MR) is 102 cm³/mol. The van der Waals surface area contributed by atoms with Gasteiger partial charge in [-0.05, 0) is 43.7 Å². The van der Waals surface area contributed by atoms with Gasteiger partial charge in [-0.15, -0.1) is 0 Å². The Bertz CT molecular complexity index is 1120. The van der Waals surface area contributed by atoms with Gasteiger partial charge in [0.25, 0.3) is 5.91 Å². The number of nitrogens with zero attached hydrogens (tertiary/aromatic N) is 1. The Hall–Kier alpha value is -3.81. The van der Waals surface area contributed by atoms with Crippen molar-refractivity contribution in [2.45, 2.75) is 27.0 Å². The maximum atomic E-state index is 12.6. The van der Waals surface area contributed by atoms with Gasteiger partial charge >= 0.3 is 6.16 Å². The van der Waals surface area contributed by atoms with Crippen molar-refractivity contribution in [3.63, 3.8) is 0 Å². The summed E-state index contributed by atoms with van der Waals surface area (Å²) in [7, 11) is 0. The van der Waals surface area contributed by atoms with Gasteiger partial charge in [-0.3, -0.25) is 9.78 Å². The van der Waals surface area contributed by atoms with Crippen molar-refractivity contribution in [1.82, 2.24) is 10.3 Å². The monoisotopic (exact) mass is 394 g/mol. The molecule has 8 heteroatoms. The van der Waals surface area contributed by atoms with Gasteiger partial charge in [0.2, 0.25) is 0 Å². The van der Waals surface area contributed by atoms with E-state index in [4.69, 9.17) is 19.0 Å². The lowest BCUT2D eigenvalue weighted by Crippen LogP contribution is -2.23. The Balaban J connectivity index is 1.53. The first-order valence-corrected chi connectivity index (χ1v) is 8.92. The lowest BCUT2D eigenvalue weighted by Gasteiger charge is -2.20. The standard InChI is InChI=1S/C21H18N2O6/c1-11-17(19(12(2)28-11)29-21(25)26)9-23-20(24)13-3-4-16-15-5-6-22-8-14(15)10-27-18(16)7-13/h3-8H,9-10H2,1-2H3,(H,23,24)(H,25,26). The van der Waals surface area contributed by atoms with Gasteiger partial charge in [-0.1, -0.05) is 0 Å². The molecule has 0 fully saturated rings. The number of carbonyl (C=O) groups is 2. The van der Waals surface area contributed by atoms with Crippen LogP contribution in [-0.4, -0.2) is 22.2 Å². The van der Waals surface area contributed by atoms with Gasteiger partial charge in [-0.25, -0.2) is 4.79 Å². The van der Waals surface area contributed by atoms with Gasteiger partial charge in [0.1, 0.15) is 23.9 Å². The molecule has 1 aliphatic rings. The molecule has 0 saturated heterocycles. The highest BCUT2D eigenvalue weighted by molar-refractivity contribution is 5.95. The van der Waals surface area contributed by atoms with Crippen LogP contribution in [0.15, 0.2) is 41.1 Å². The second kappa shape index (κ2) is 7.31. The van der Waals surface area contributed by atoms with Crippen molar-refractivity contribution in [3.05, 3.63) is 64.9 Å².